The lowest BCUT2D eigenvalue weighted by molar-refractivity contribution is -0.145. The Morgan fingerprint density at radius 1 is 1.11 bits per heavy atom. The SMILES string of the molecule is Cc1ccc(OC(Cc2ccccc2)C(=O)O)cc1. The van der Waals surface area contributed by atoms with E-state index in [1.165, 1.54) is 0 Å². The molecule has 3 heteroatoms. The highest BCUT2D eigenvalue weighted by molar-refractivity contribution is 5.73. The molecule has 0 aromatic heterocycles. The van der Waals surface area contributed by atoms with E-state index in [-0.39, 0.29) is 0 Å². The lowest BCUT2D eigenvalue weighted by Gasteiger charge is -2.15. The van der Waals surface area contributed by atoms with E-state index in [0.29, 0.717) is 12.2 Å². The van der Waals surface area contributed by atoms with Crippen LogP contribution in [0, 0.1) is 6.92 Å². The van der Waals surface area contributed by atoms with Gasteiger partial charge in [-0.15, -0.1) is 0 Å². The van der Waals surface area contributed by atoms with Crippen LogP contribution >= 0.6 is 0 Å². The zero-order chi connectivity index (χ0) is 13.7. The molecule has 19 heavy (non-hydrogen) atoms. The number of hydrogen-bond donors (Lipinski definition) is 1. The Morgan fingerprint density at radius 3 is 2.32 bits per heavy atom. The van der Waals surface area contributed by atoms with Gasteiger partial charge in [-0.1, -0.05) is 48.0 Å². The van der Waals surface area contributed by atoms with Gasteiger partial charge in [0.05, 0.1) is 0 Å². The Morgan fingerprint density at radius 2 is 1.74 bits per heavy atom. The van der Waals surface area contributed by atoms with Crippen molar-refractivity contribution >= 4 is 5.97 Å². The number of carboxylic acids is 1. The van der Waals surface area contributed by atoms with Gasteiger partial charge in [-0.05, 0) is 24.6 Å². The third-order valence-corrected chi connectivity index (χ3v) is 2.84. The summed E-state index contributed by atoms with van der Waals surface area (Å²) in [6, 6.07) is 16.9. The van der Waals surface area contributed by atoms with Gasteiger partial charge < -0.3 is 9.84 Å². The van der Waals surface area contributed by atoms with E-state index in [1.807, 2.05) is 49.4 Å². The summed E-state index contributed by atoms with van der Waals surface area (Å²) < 4.78 is 5.54. The molecule has 0 saturated carbocycles. The molecule has 0 heterocycles. The van der Waals surface area contributed by atoms with Crippen LogP contribution in [0.25, 0.3) is 0 Å². The maximum Gasteiger partial charge on any atom is 0.345 e. The molecule has 0 saturated heterocycles. The minimum atomic E-state index is -0.954. The molecule has 2 aromatic rings. The topological polar surface area (TPSA) is 46.5 Å². The van der Waals surface area contributed by atoms with Crippen LogP contribution in [0.1, 0.15) is 11.1 Å². The van der Waals surface area contributed by atoms with Gasteiger partial charge in [0, 0.05) is 6.42 Å². The second-order valence-corrected chi connectivity index (χ2v) is 4.45. The van der Waals surface area contributed by atoms with Gasteiger partial charge in [0.15, 0.2) is 6.10 Å². The van der Waals surface area contributed by atoms with Crippen molar-refractivity contribution in [3.05, 3.63) is 65.7 Å². The number of ether oxygens (including phenoxy) is 1. The predicted molar refractivity (Wildman–Crippen MR) is 73.4 cm³/mol. The summed E-state index contributed by atoms with van der Waals surface area (Å²) >= 11 is 0. The number of carbonyl (C=O) groups is 1. The van der Waals surface area contributed by atoms with E-state index < -0.39 is 12.1 Å². The fraction of sp³-hybridized carbons (Fsp3) is 0.188. The maximum absolute atomic E-state index is 11.3. The molecule has 3 nitrogen and oxygen atoms in total. The Labute approximate surface area is 112 Å². The van der Waals surface area contributed by atoms with E-state index in [1.54, 1.807) is 12.1 Å². The van der Waals surface area contributed by atoms with Gasteiger partial charge in [-0.3, -0.25) is 0 Å². The Kier molecular flexibility index (Phi) is 4.18. The number of rotatable bonds is 5. The Balaban J connectivity index is 2.08. The molecule has 0 amide bonds. The molecule has 1 unspecified atom stereocenters. The smallest absolute Gasteiger partial charge is 0.345 e. The summed E-state index contributed by atoms with van der Waals surface area (Å²) in [5.41, 5.74) is 2.06. The molecule has 0 spiro atoms. The van der Waals surface area contributed by atoms with Gasteiger partial charge in [0.2, 0.25) is 0 Å². The highest BCUT2D eigenvalue weighted by Gasteiger charge is 2.19. The fourth-order valence-corrected chi connectivity index (χ4v) is 1.79. The lowest BCUT2D eigenvalue weighted by Crippen LogP contribution is -2.29. The first kappa shape index (κ1) is 13.1. The molecule has 0 aliphatic heterocycles. The van der Waals surface area contributed by atoms with Gasteiger partial charge >= 0.3 is 5.97 Å². The van der Waals surface area contributed by atoms with Crippen molar-refractivity contribution in [3.8, 4) is 5.75 Å². The molecule has 0 fully saturated rings. The quantitative estimate of drug-likeness (QED) is 0.894. The molecule has 98 valence electrons. The zero-order valence-electron chi connectivity index (χ0n) is 10.7. The van der Waals surface area contributed by atoms with Gasteiger partial charge in [-0.25, -0.2) is 4.79 Å². The minimum absolute atomic E-state index is 0.351. The Hall–Kier alpha value is -2.29. The molecule has 1 N–H and O–H groups in total. The van der Waals surface area contributed by atoms with Crippen molar-refractivity contribution < 1.29 is 14.6 Å². The van der Waals surface area contributed by atoms with Crippen molar-refractivity contribution in [3.63, 3.8) is 0 Å². The van der Waals surface area contributed by atoms with E-state index in [9.17, 15) is 9.90 Å². The third kappa shape index (κ3) is 3.85. The van der Waals surface area contributed by atoms with Crippen molar-refractivity contribution in [2.24, 2.45) is 0 Å². The van der Waals surface area contributed by atoms with E-state index in [4.69, 9.17) is 4.74 Å². The van der Waals surface area contributed by atoms with Gasteiger partial charge in [0.1, 0.15) is 5.75 Å². The predicted octanol–water partition coefficient (Wildman–Crippen LogP) is 3.07. The molecule has 2 rings (SSSR count). The van der Waals surface area contributed by atoms with Crippen LogP contribution in [0.3, 0.4) is 0 Å². The summed E-state index contributed by atoms with van der Waals surface area (Å²) in [5.74, 6) is -0.377. The standard InChI is InChI=1S/C16H16O3/c1-12-7-9-14(10-8-12)19-15(16(17)18)11-13-5-3-2-4-6-13/h2-10,15H,11H2,1H3,(H,17,18). The van der Waals surface area contributed by atoms with Crippen LogP contribution in [0.5, 0.6) is 5.75 Å². The first-order valence-electron chi connectivity index (χ1n) is 6.15. The molecular formula is C16H16O3. The first-order valence-corrected chi connectivity index (χ1v) is 6.15. The average molecular weight is 256 g/mol. The molecule has 0 radical (unpaired) electrons. The summed E-state index contributed by atoms with van der Waals surface area (Å²) in [6.07, 6.45) is -0.519. The number of carboxylic acid groups (broad SMARTS) is 1. The third-order valence-electron chi connectivity index (χ3n) is 2.84. The van der Waals surface area contributed by atoms with Gasteiger partial charge in [-0.2, -0.15) is 0 Å². The number of aliphatic carboxylic acids is 1. The van der Waals surface area contributed by atoms with E-state index in [0.717, 1.165) is 11.1 Å². The van der Waals surface area contributed by atoms with Crippen molar-refractivity contribution in [2.45, 2.75) is 19.4 Å². The zero-order valence-corrected chi connectivity index (χ0v) is 10.7. The second kappa shape index (κ2) is 6.05. The number of aryl methyl sites for hydroxylation is 1. The van der Waals surface area contributed by atoms with Crippen molar-refractivity contribution in [1.29, 1.82) is 0 Å². The van der Waals surface area contributed by atoms with Crippen molar-refractivity contribution in [1.82, 2.24) is 0 Å². The molecule has 1 atom stereocenters. The normalized spacial score (nSPS) is 11.8. The summed E-state index contributed by atoms with van der Waals surface area (Å²) in [4.78, 5) is 11.3. The number of hydrogen-bond acceptors (Lipinski definition) is 2. The maximum atomic E-state index is 11.3. The molecule has 0 aliphatic rings. The second-order valence-electron chi connectivity index (χ2n) is 4.45. The van der Waals surface area contributed by atoms with Crippen LogP contribution in [0.2, 0.25) is 0 Å². The fourth-order valence-electron chi connectivity index (χ4n) is 1.79. The molecular weight excluding hydrogens is 240 g/mol. The van der Waals surface area contributed by atoms with Crippen LogP contribution in [0.15, 0.2) is 54.6 Å². The van der Waals surface area contributed by atoms with E-state index in [2.05, 4.69) is 0 Å². The molecule has 2 aromatic carbocycles. The van der Waals surface area contributed by atoms with Crippen LogP contribution < -0.4 is 4.74 Å². The largest absolute Gasteiger partial charge is 0.478 e. The van der Waals surface area contributed by atoms with Gasteiger partial charge in [0.25, 0.3) is 0 Å². The monoisotopic (exact) mass is 256 g/mol. The first-order chi connectivity index (χ1) is 9.15. The van der Waals surface area contributed by atoms with Crippen LogP contribution in [-0.4, -0.2) is 17.2 Å². The van der Waals surface area contributed by atoms with Crippen LogP contribution in [-0.2, 0) is 11.2 Å². The average Bonchev–Trinajstić information content (AvgIpc) is 2.41. The lowest BCUT2D eigenvalue weighted by atomic mass is 10.1. The van der Waals surface area contributed by atoms with Crippen molar-refractivity contribution in [2.75, 3.05) is 0 Å². The number of benzene rings is 2. The van der Waals surface area contributed by atoms with E-state index >= 15 is 0 Å². The molecule has 0 bridgehead atoms. The highest BCUT2D eigenvalue weighted by atomic mass is 16.5. The summed E-state index contributed by atoms with van der Waals surface area (Å²) in [5, 5.41) is 9.23. The summed E-state index contributed by atoms with van der Waals surface area (Å²) in [7, 11) is 0. The Bertz CT molecular complexity index is 532. The van der Waals surface area contributed by atoms with Crippen LogP contribution in [0.4, 0.5) is 0 Å². The molecule has 0 aliphatic carbocycles. The highest BCUT2D eigenvalue weighted by Crippen LogP contribution is 2.15. The minimum Gasteiger partial charge on any atom is -0.478 e. The summed E-state index contributed by atoms with van der Waals surface area (Å²) in [6.45, 7) is 1.97.